The number of amides is 1. The number of anilines is 1. The average Bonchev–Trinajstić information content (AvgIpc) is 3.39. The van der Waals surface area contributed by atoms with E-state index in [0.29, 0.717) is 12.3 Å². The summed E-state index contributed by atoms with van der Waals surface area (Å²) < 4.78 is 0. The van der Waals surface area contributed by atoms with Gasteiger partial charge >= 0.3 is 0 Å². The maximum atomic E-state index is 12.5. The van der Waals surface area contributed by atoms with Crippen LogP contribution in [0.4, 0.5) is 5.82 Å². The van der Waals surface area contributed by atoms with E-state index >= 15 is 0 Å². The molecule has 5 nitrogen and oxygen atoms in total. The second-order valence-corrected chi connectivity index (χ2v) is 11.2. The van der Waals surface area contributed by atoms with Gasteiger partial charge in [-0.1, -0.05) is 32.0 Å². The van der Waals surface area contributed by atoms with Gasteiger partial charge in [-0.15, -0.1) is 23.1 Å². The van der Waals surface area contributed by atoms with E-state index in [9.17, 15) is 4.79 Å². The SMILES string of the molecule is CC(C)CC(=O)N1CCN(c2nc(CSc3ccccc3)nc3sc4c(c23)CCC4)CC1. The highest BCUT2D eigenvalue weighted by Gasteiger charge is 2.28. The summed E-state index contributed by atoms with van der Waals surface area (Å²) in [4.78, 5) is 30.9. The van der Waals surface area contributed by atoms with Gasteiger partial charge < -0.3 is 9.80 Å². The van der Waals surface area contributed by atoms with E-state index in [-0.39, 0.29) is 5.91 Å². The standard InChI is InChI=1S/C25H30N4OS2/c1-17(2)15-22(30)28-11-13-29(14-12-28)24-23-19-9-6-10-20(19)32-25(23)27-21(26-24)16-31-18-7-4-3-5-8-18/h3-5,7-8,17H,6,9-16H2,1-2H3. The van der Waals surface area contributed by atoms with Gasteiger partial charge in [-0.25, -0.2) is 9.97 Å². The number of nitrogens with zero attached hydrogens (tertiary/aromatic N) is 4. The number of hydrogen-bond acceptors (Lipinski definition) is 6. The van der Waals surface area contributed by atoms with Crippen LogP contribution in [0.3, 0.4) is 0 Å². The summed E-state index contributed by atoms with van der Waals surface area (Å²) in [6.45, 7) is 7.45. The quantitative estimate of drug-likeness (QED) is 0.469. The first kappa shape index (κ1) is 21.7. The van der Waals surface area contributed by atoms with Crippen LogP contribution in [0.2, 0.25) is 0 Å². The number of thiophene rings is 1. The van der Waals surface area contributed by atoms with Crippen molar-refractivity contribution >= 4 is 45.0 Å². The topological polar surface area (TPSA) is 49.3 Å². The van der Waals surface area contributed by atoms with Crippen molar-refractivity contribution in [3.63, 3.8) is 0 Å². The summed E-state index contributed by atoms with van der Waals surface area (Å²) in [5, 5.41) is 1.28. The molecule has 0 spiro atoms. The molecule has 5 rings (SSSR count). The Balaban J connectivity index is 1.40. The normalized spacial score (nSPS) is 16.2. The van der Waals surface area contributed by atoms with Crippen molar-refractivity contribution in [3.05, 3.63) is 46.6 Å². The summed E-state index contributed by atoms with van der Waals surface area (Å²) in [6, 6.07) is 10.5. The number of thioether (sulfide) groups is 1. The first-order valence-electron chi connectivity index (χ1n) is 11.6. The smallest absolute Gasteiger partial charge is 0.222 e. The maximum absolute atomic E-state index is 12.5. The molecule has 1 fully saturated rings. The number of piperazine rings is 1. The van der Waals surface area contributed by atoms with Crippen LogP contribution < -0.4 is 4.90 Å². The maximum Gasteiger partial charge on any atom is 0.222 e. The minimum Gasteiger partial charge on any atom is -0.352 e. The Morgan fingerprint density at radius 2 is 1.88 bits per heavy atom. The monoisotopic (exact) mass is 466 g/mol. The van der Waals surface area contributed by atoms with E-state index < -0.39 is 0 Å². The van der Waals surface area contributed by atoms with Crippen LogP contribution in [0.25, 0.3) is 10.2 Å². The van der Waals surface area contributed by atoms with E-state index in [2.05, 4.69) is 43.0 Å². The molecule has 2 aliphatic rings. The summed E-state index contributed by atoms with van der Waals surface area (Å²) in [5.74, 6) is 3.44. The van der Waals surface area contributed by atoms with Crippen molar-refractivity contribution < 1.29 is 4.79 Å². The third-order valence-electron chi connectivity index (χ3n) is 6.22. The van der Waals surface area contributed by atoms with Crippen LogP contribution >= 0.6 is 23.1 Å². The number of rotatable bonds is 6. The Morgan fingerprint density at radius 1 is 1.09 bits per heavy atom. The molecule has 2 aromatic heterocycles. The molecule has 3 aromatic rings. The fourth-order valence-electron chi connectivity index (χ4n) is 4.62. The summed E-state index contributed by atoms with van der Waals surface area (Å²) in [6.07, 6.45) is 4.17. The van der Waals surface area contributed by atoms with Gasteiger partial charge in [-0.05, 0) is 42.9 Å². The molecule has 7 heteroatoms. The van der Waals surface area contributed by atoms with Crippen LogP contribution in [-0.4, -0.2) is 47.0 Å². The molecule has 0 saturated carbocycles. The zero-order valence-electron chi connectivity index (χ0n) is 18.8. The molecule has 0 bridgehead atoms. The zero-order valence-corrected chi connectivity index (χ0v) is 20.5. The van der Waals surface area contributed by atoms with Gasteiger partial charge in [-0.2, -0.15) is 0 Å². The van der Waals surface area contributed by atoms with Crippen LogP contribution in [0.5, 0.6) is 0 Å². The number of benzene rings is 1. The third kappa shape index (κ3) is 4.50. The van der Waals surface area contributed by atoms with Crippen LogP contribution in [0.1, 0.15) is 43.0 Å². The van der Waals surface area contributed by atoms with Gasteiger partial charge in [0.2, 0.25) is 5.91 Å². The Bertz CT molecular complexity index is 1100. The molecule has 0 atom stereocenters. The molecule has 0 N–H and O–H groups in total. The second kappa shape index (κ2) is 9.40. The highest BCUT2D eigenvalue weighted by molar-refractivity contribution is 7.98. The number of hydrogen-bond donors (Lipinski definition) is 0. The minimum absolute atomic E-state index is 0.281. The fraction of sp³-hybridized carbons (Fsp3) is 0.480. The summed E-state index contributed by atoms with van der Waals surface area (Å²) >= 11 is 3.65. The van der Waals surface area contributed by atoms with Gasteiger partial charge in [0.05, 0.1) is 11.1 Å². The Kier molecular flexibility index (Phi) is 6.37. The van der Waals surface area contributed by atoms with E-state index in [1.165, 1.54) is 33.6 Å². The van der Waals surface area contributed by atoms with Gasteiger partial charge in [0.25, 0.3) is 0 Å². The van der Waals surface area contributed by atoms with Gasteiger partial charge in [-0.3, -0.25) is 4.79 Å². The van der Waals surface area contributed by atoms with Crippen molar-refractivity contribution in [1.82, 2.24) is 14.9 Å². The fourth-order valence-corrected chi connectivity index (χ4v) is 6.67. The number of carbonyl (C=O) groups is 1. The highest BCUT2D eigenvalue weighted by Crippen LogP contribution is 2.41. The van der Waals surface area contributed by atoms with E-state index in [0.717, 1.165) is 54.8 Å². The predicted octanol–water partition coefficient (Wildman–Crippen LogP) is 5.17. The van der Waals surface area contributed by atoms with Crippen LogP contribution in [-0.2, 0) is 23.4 Å². The predicted molar refractivity (Wildman–Crippen MR) is 134 cm³/mol. The van der Waals surface area contributed by atoms with Crippen molar-refractivity contribution in [2.24, 2.45) is 5.92 Å². The molecule has 168 valence electrons. The van der Waals surface area contributed by atoms with Crippen molar-refractivity contribution in [2.45, 2.75) is 50.2 Å². The Morgan fingerprint density at radius 3 is 2.62 bits per heavy atom. The molecular formula is C25H30N4OS2. The van der Waals surface area contributed by atoms with Gasteiger partial charge in [0.1, 0.15) is 16.5 Å². The highest BCUT2D eigenvalue weighted by atomic mass is 32.2. The number of carbonyl (C=O) groups excluding carboxylic acids is 1. The molecule has 0 radical (unpaired) electrons. The number of aromatic nitrogens is 2. The number of aryl methyl sites for hydroxylation is 2. The largest absolute Gasteiger partial charge is 0.352 e. The van der Waals surface area contributed by atoms with Crippen LogP contribution in [0, 0.1) is 5.92 Å². The van der Waals surface area contributed by atoms with E-state index in [1.54, 1.807) is 11.8 Å². The first-order chi connectivity index (χ1) is 15.6. The molecule has 1 amide bonds. The van der Waals surface area contributed by atoms with Gasteiger partial charge in [0.15, 0.2) is 0 Å². The molecular weight excluding hydrogens is 436 g/mol. The third-order valence-corrected chi connectivity index (χ3v) is 8.41. The molecule has 0 unspecified atom stereocenters. The number of fused-ring (bicyclic) bond motifs is 3. The lowest BCUT2D eigenvalue weighted by Gasteiger charge is -2.36. The molecule has 1 saturated heterocycles. The molecule has 1 aliphatic carbocycles. The van der Waals surface area contributed by atoms with Crippen molar-refractivity contribution in [1.29, 1.82) is 0 Å². The molecule has 3 heterocycles. The van der Waals surface area contributed by atoms with Crippen molar-refractivity contribution in [3.8, 4) is 0 Å². The molecule has 1 aromatic carbocycles. The zero-order chi connectivity index (χ0) is 22.1. The lowest BCUT2D eigenvalue weighted by atomic mass is 10.1. The second-order valence-electron chi connectivity index (χ2n) is 9.07. The van der Waals surface area contributed by atoms with Gasteiger partial charge in [0, 0.05) is 42.4 Å². The Labute approximate surface area is 198 Å². The first-order valence-corrected chi connectivity index (χ1v) is 13.4. The molecule has 32 heavy (non-hydrogen) atoms. The Hall–Kier alpha value is -2.12. The average molecular weight is 467 g/mol. The summed E-state index contributed by atoms with van der Waals surface area (Å²) in [7, 11) is 0. The van der Waals surface area contributed by atoms with E-state index in [4.69, 9.17) is 9.97 Å². The lowest BCUT2D eigenvalue weighted by molar-refractivity contribution is -0.132. The van der Waals surface area contributed by atoms with Crippen molar-refractivity contribution in [2.75, 3.05) is 31.1 Å². The van der Waals surface area contributed by atoms with Crippen LogP contribution in [0.15, 0.2) is 35.2 Å². The minimum atomic E-state index is 0.281. The van der Waals surface area contributed by atoms with E-state index in [1.807, 2.05) is 22.3 Å². The summed E-state index contributed by atoms with van der Waals surface area (Å²) in [5.41, 5.74) is 1.47. The lowest BCUT2D eigenvalue weighted by Crippen LogP contribution is -2.49. The molecule has 1 aliphatic heterocycles.